The first kappa shape index (κ1) is 19.2. The first-order chi connectivity index (χ1) is 14.1. The fourth-order valence-electron chi connectivity index (χ4n) is 4.31. The molecule has 148 valence electrons. The molecule has 3 aromatic rings. The summed E-state index contributed by atoms with van der Waals surface area (Å²) in [6.07, 6.45) is 4.49. The molecule has 4 nitrogen and oxygen atoms in total. The number of carbonyl (C=O) groups excluding carboxylic acids is 1. The molecule has 0 saturated carbocycles. The lowest BCUT2D eigenvalue weighted by Gasteiger charge is -2.36. The van der Waals surface area contributed by atoms with E-state index in [0.29, 0.717) is 5.56 Å². The molecule has 1 saturated heterocycles. The van der Waals surface area contributed by atoms with Crippen molar-refractivity contribution in [3.05, 3.63) is 71.2 Å². The molecule has 1 aliphatic rings. The smallest absolute Gasteiger partial charge is 0.321 e. The lowest BCUT2D eigenvalue weighted by molar-refractivity contribution is 0.152. The highest BCUT2D eigenvalue weighted by Gasteiger charge is 2.29. The van der Waals surface area contributed by atoms with E-state index in [1.807, 2.05) is 30.0 Å². The molecular formula is C24H24FN3O. The zero-order valence-electron chi connectivity index (χ0n) is 16.6. The van der Waals surface area contributed by atoms with Gasteiger partial charge in [0.2, 0.25) is 0 Å². The molecule has 1 aliphatic heterocycles. The van der Waals surface area contributed by atoms with E-state index >= 15 is 0 Å². The third-order valence-corrected chi connectivity index (χ3v) is 5.82. The van der Waals surface area contributed by atoms with Crippen LogP contribution in [-0.4, -0.2) is 28.1 Å². The van der Waals surface area contributed by atoms with Gasteiger partial charge in [0.05, 0.1) is 17.1 Å². The van der Waals surface area contributed by atoms with Gasteiger partial charge in [-0.05, 0) is 74.1 Å². The van der Waals surface area contributed by atoms with Crippen LogP contribution in [0.25, 0.3) is 10.9 Å². The van der Waals surface area contributed by atoms with E-state index in [1.54, 1.807) is 22.8 Å². The number of aromatic nitrogens is 1. The summed E-state index contributed by atoms with van der Waals surface area (Å²) >= 11 is 0. The second kappa shape index (κ2) is 8.08. The number of carbonyl (C=O) groups is 1. The summed E-state index contributed by atoms with van der Waals surface area (Å²) in [6, 6.07) is 16.3. The number of fused-ring (bicyclic) bond motifs is 1. The van der Waals surface area contributed by atoms with Gasteiger partial charge < -0.3 is 4.90 Å². The Kier molecular flexibility index (Phi) is 5.35. The van der Waals surface area contributed by atoms with Gasteiger partial charge in [-0.1, -0.05) is 19.1 Å². The van der Waals surface area contributed by atoms with E-state index in [2.05, 4.69) is 6.07 Å². The van der Waals surface area contributed by atoms with Gasteiger partial charge in [-0.2, -0.15) is 5.26 Å². The molecule has 1 unspecified atom stereocenters. The number of rotatable bonds is 3. The van der Waals surface area contributed by atoms with E-state index in [0.717, 1.165) is 60.8 Å². The van der Waals surface area contributed by atoms with Crippen LogP contribution in [0.15, 0.2) is 48.5 Å². The number of likely N-dealkylation sites (tertiary alicyclic amines) is 1. The summed E-state index contributed by atoms with van der Waals surface area (Å²) in [6.45, 7) is 2.76. The molecule has 0 aliphatic carbocycles. The highest BCUT2D eigenvalue weighted by atomic mass is 19.1. The monoisotopic (exact) mass is 389 g/mol. The molecule has 29 heavy (non-hydrogen) atoms. The first-order valence-electron chi connectivity index (χ1n) is 10.2. The van der Waals surface area contributed by atoms with Crippen LogP contribution in [0.3, 0.4) is 0 Å². The minimum absolute atomic E-state index is 0.00614. The second-order valence-electron chi connectivity index (χ2n) is 7.67. The van der Waals surface area contributed by atoms with Crippen molar-refractivity contribution >= 4 is 16.9 Å². The van der Waals surface area contributed by atoms with Crippen molar-refractivity contribution in [2.75, 3.05) is 6.54 Å². The van der Waals surface area contributed by atoms with Gasteiger partial charge in [0, 0.05) is 23.7 Å². The highest BCUT2D eigenvalue weighted by Crippen LogP contribution is 2.27. The van der Waals surface area contributed by atoms with E-state index < -0.39 is 0 Å². The van der Waals surface area contributed by atoms with Gasteiger partial charge in [0.1, 0.15) is 5.82 Å². The fraction of sp³-hybridized carbons (Fsp3) is 0.333. The van der Waals surface area contributed by atoms with Crippen LogP contribution in [-0.2, 0) is 12.8 Å². The maximum absolute atomic E-state index is 13.6. The number of piperidine rings is 1. The molecule has 1 aromatic heterocycles. The van der Waals surface area contributed by atoms with Crippen molar-refractivity contribution in [1.29, 1.82) is 5.26 Å². The molecule has 1 amide bonds. The van der Waals surface area contributed by atoms with Crippen LogP contribution in [0.4, 0.5) is 9.18 Å². The van der Waals surface area contributed by atoms with Crippen LogP contribution in [0.1, 0.15) is 43.0 Å². The van der Waals surface area contributed by atoms with E-state index in [1.165, 1.54) is 12.1 Å². The van der Waals surface area contributed by atoms with E-state index in [4.69, 9.17) is 0 Å². The van der Waals surface area contributed by atoms with Gasteiger partial charge in [0.15, 0.2) is 0 Å². The van der Waals surface area contributed by atoms with Crippen LogP contribution < -0.4 is 0 Å². The maximum Gasteiger partial charge on any atom is 0.329 e. The lowest BCUT2D eigenvalue weighted by Crippen LogP contribution is -2.47. The van der Waals surface area contributed by atoms with Gasteiger partial charge in [-0.3, -0.25) is 4.57 Å². The largest absolute Gasteiger partial charge is 0.329 e. The molecule has 0 N–H and O–H groups in total. The number of benzene rings is 2. The summed E-state index contributed by atoms with van der Waals surface area (Å²) in [5.41, 5.74) is 3.43. The average molecular weight is 389 g/mol. The Hall–Kier alpha value is -3.13. The van der Waals surface area contributed by atoms with Gasteiger partial charge in [-0.15, -0.1) is 0 Å². The summed E-state index contributed by atoms with van der Waals surface area (Å²) in [4.78, 5) is 15.6. The second-order valence-corrected chi connectivity index (χ2v) is 7.67. The Labute approximate surface area is 170 Å². The third-order valence-electron chi connectivity index (χ3n) is 5.82. The predicted octanol–water partition coefficient (Wildman–Crippen LogP) is 5.28. The number of nitrogens with zero attached hydrogens (tertiary/aromatic N) is 3. The molecular weight excluding hydrogens is 365 g/mol. The summed E-state index contributed by atoms with van der Waals surface area (Å²) in [7, 11) is 0. The van der Waals surface area contributed by atoms with Crippen molar-refractivity contribution in [2.45, 2.75) is 45.1 Å². The Morgan fingerprint density at radius 2 is 1.97 bits per heavy atom. The number of hydrogen-bond donors (Lipinski definition) is 0. The number of hydrogen-bond acceptors (Lipinski definition) is 2. The van der Waals surface area contributed by atoms with Crippen molar-refractivity contribution in [3.63, 3.8) is 0 Å². The van der Waals surface area contributed by atoms with Crippen LogP contribution >= 0.6 is 0 Å². The zero-order chi connectivity index (χ0) is 20.4. The number of nitriles is 1. The topological polar surface area (TPSA) is 49.0 Å². The number of aryl methyl sites for hydroxylation is 1. The van der Waals surface area contributed by atoms with Crippen LogP contribution in [0.5, 0.6) is 0 Å². The summed E-state index contributed by atoms with van der Waals surface area (Å²) in [5, 5.41) is 10.1. The molecule has 1 fully saturated rings. The fourth-order valence-corrected chi connectivity index (χ4v) is 4.31. The summed E-state index contributed by atoms with van der Waals surface area (Å²) < 4.78 is 15.1. The third kappa shape index (κ3) is 3.75. The predicted molar refractivity (Wildman–Crippen MR) is 111 cm³/mol. The molecule has 2 aromatic carbocycles. The van der Waals surface area contributed by atoms with Gasteiger partial charge in [0.25, 0.3) is 0 Å². The lowest BCUT2D eigenvalue weighted by atomic mass is 9.96. The Morgan fingerprint density at radius 3 is 2.69 bits per heavy atom. The van der Waals surface area contributed by atoms with Crippen LogP contribution in [0, 0.1) is 17.1 Å². The normalized spacial score (nSPS) is 16.7. The molecule has 0 spiro atoms. The molecule has 5 heteroatoms. The van der Waals surface area contributed by atoms with Crippen molar-refractivity contribution in [1.82, 2.24) is 9.47 Å². The standard InChI is InChI=1S/C24H24FN3O/c1-2-21-15-19-13-18(16-26)8-11-23(19)28(21)24(29)27-12-4-3-5-22(27)14-17-6-9-20(25)10-7-17/h6-11,13,15,22H,2-5,12,14H2,1H3. The zero-order valence-corrected chi connectivity index (χ0v) is 16.6. The quantitative estimate of drug-likeness (QED) is 0.612. The highest BCUT2D eigenvalue weighted by molar-refractivity contribution is 5.93. The first-order valence-corrected chi connectivity index (χ1v) is 10.2. The molecule has 2 heterocycles. The van der Waals surface area contributed by atoms with E-state index in [-0.39, 0.29) is 17.9 Å². The van der Waals surface area contributed by atoms with Crippen molar-refractivity contribution in [2.24, 2.45) is 0 Å². The van der Waals surface area contributed by atoms with Gasteiger partial charge >= 0.3 is 6.03 Å². The van der Waals surface area contributed by atoms with E-state index in [9.17, 15) is 14.4 Å². The molecule has 0 radical (unpaired) electrons. The Bertz CT molecular complexity index is 1080. The maximum atomic E-state index is 13.6. The van der Waals surface area contributed by atoms with Crippen molar-refractivity contribution in [3.8, 4) is 6.07 Å². The SMILES string of the molecule is CCc1cc2cc(C#N)ccc2n1C(=O)N1CCCCC1Cc1ccc(F)cc1. The van der Waals surface area contributed by atoms with Gasteiger partial charge in [-0.25, -0.2) is 9.18 Å². The van der Waals surface area contributed by atoms with Crippen molar-refractivity contribution < 1.29 is 9.18 Å². The molecule has 0 bridgehead atoms. The summed E-state index contributed by atoms with van der Waals surface area (Å²) in [5.74, 6) is -0.242. The Balaban J connectivity index is 1.68. The minimum atomic E-state index is -0.242. The number of amides is 1. The Morgan fingerprint density at radius 1 is 1.17 bits per heavy atom. The average Bonchev–Trinajstić information content (AvgIpc) is 3.13. The molecule has 1 atom stereocenters. The molecule has 4 rings (SSSR count). The minimum Gasteiger partial charge on any atom is -0.321 e. The number of halogens is 1. The van der Waals surface area contributed by atoms with Crippen LogP contribution in [0.2, 0.25) is 0 Å².